The second kappa shape index (κ2) is 6.59. The zero-order valence-corrected chi connectivity index (χ0v) is 11.8. The standard InChI is InChI=1S/C12H25N3O2/c1-12(2,3)11(17)13-7-8-15(6)9-10(16)14(4)5/h7-9H2,1-6H3,(H,13,17). The molecule has 0 saturated carbocycles. The molecule has 0 aliphatic carbocycles. The molecule has 5 heteroatoms. The Bertz CT molecular complexity index is 269. The number of carbonyl (C=O) groups is 2. The van der Waals surface area contributed by atoms with Gasteiger partial charge in [-0.25, -0.2) is 0 Å². The Balaban J connectivity index is 3.83. The highest BCUT2D eigenvalue weighted by Crippen LogP contribution is 2.11. The molecule has 2 amide bonds. The summed E-state index contributed by atoms with van der Waals surface area (Å²) in [5, 5.41) is 2.85. The fraction of sp³-hybridized carbons (Fsp3) is 0.833. The van der Waals surface area contributed by atoms with E-state index < -0.39 is 0 Å². The van der Waals surface area contributed by atoms with E-state index in [9.17, 15) is 9.59 Å². The lowest BCUT2D eigenvalue weighted by molar-refractivity contribution is -0.129. The molecule has 17 heavy (non-hydrogen) atoms. The van der Waals surface area contributed by atoms with Gasteiger partial charge in [-0.05, 0) is 7.05 Å². The number of likely N-dealkylation sites (N-methyl/N-ethyl adjacent to an activating group) is 2. The van der Waals surface area contributed by atoms with Crippen molar-refractivity contribution in [2.24, 2.45) is 5.41 Å². The Labute approximate surface area is 104 Å². The maximum atomic E-state index is 11.6. The molecule has 5 nitrogen and oxygen atoms in total. The summed E-state index contributed by atoms with van der Waals surface area (Å²) in [6.45, 7) is 7.23. The quantitative estimate of drug-likeness (QED) is 0.749. The molecule has 0 aromatic carbocycles. The van der Waals surface area contributed by atoms with Crippen LogP contribution in [0.15, 0.2) is 0 Å². The summed E-state index contributed by atoms with van der Waals surface area (Å²) in [7, 11) is 5.33. The van der Waals surface area contributed by atoms with Crippen LogP contribution in [0.5, 0.6) is 0 Å². The van der Waals surface area contributed by atoms with Gasteiger partial charge in [-0.15, -0.1) is 0 Å². The van der Waals surface area contributed by atoms with Gasteiger partial charge >= 0.3 is 0 Å². The Kier molecular flexibility index (Phi) is 6.16. The van der Waals surface area contributed by atoms with Gasteiger partial charge in [-0.2, -0.15) is 0 Å². The van der Waals surface area contributed by atoms with Crippen LogP contribution in [0, 0.1) is 5.41 Å². The molecule has 0 saturated heterocycles. The van der Waals surface area contributed by atoms with E-state index in [4.69, 9.17) is 0 Å². The fourth-order valence-corrected chi connectivity index (χ4v) is 1.08. The van der Waals surface area contributed by atoms with Crippen LogP contribution in [0.2, 0.25) is 0 Å². The highest BCUT2D eigenvalue weighted by atomic mass is 16.2. The maximum Gasteiger partial charge on any atom is 0.236 e. The molecule has 0 fully saturated rings. The number of amides is 2. The Morgan fingerprint density at radius 3 is 2.06 bits per heavy atom. The predicted molar refractivity (Wildman–Crippen MR) is 68.7 cm³/mol. The molecule has 0 aliphatic rings. The van der Waals surface area contributed by atoms with Gasteiger partial charge in [-0.1, -0.05) is 20.8 Å². The van der Waals surface area contributed by atoms with Gasteiger partial charge in [0.05, 0.1) is 6.54 Å². The van der Waals surface area contributed by atoms with Crippen LogP contribution in [-0.4, -0.2) is 62.4 Å². The zero-order chi connectivity index (χ0) is 13.6. The molecule has 0 aliphatic heterocycles. The molecule has 0 heterocycles. The van der Waals surface area contributed by atoms with Gasteiger partial charge in [-0.3, -0.25) is 14.5 Å². The summed E-state index contributed by atoms with van der Waals surface area (Å²) < 4.78 is 0. The first kappa shape index (κ1) is 15.9. The van der Waals surface area contributed by atoms with Crippen LogP contribution < -0.4 is 5.32 Å². The average Bonchev–Trinajstić information content (AvgIpc) is 2.15. The van der Waals surface area contributed by atoms with Gasteiger partial charge in [0.1, 0.15) is 0 Å². The minimum Gasteiger partial charge on any atom is -0.354 e. The summed E-state index contributed by atoms with van der Waals surface area (Å²) in [5.74, 6) is 0.0967. The summed E-state index contributed by atoms with van der Waals surface area (Å²) in [5.41, 5.74) is -0.363. The molecular weight excluding hydrogens is 218 g/mol. The number of nitrogens with zero attached hydrogens (tertiary/aromatic N) is 2. The Morgan fingerprint density at radius 1 is 1.12 bits per heavy atom. The lowest BCUT2D eigenvalue weighted by Gasteiger charge is -2.21. The van der Waals surface area contributed by atoms with E-state index in [1.807, 2.05) is 32.7 Å². The van der Waals surface area contributed by atoms with Gasteiger partial charge in [0, 0.05) is 32.6 Å². The van der Waals surface area contributed by atoms with Crippen molar-refractivity contribution in [1.29, 1.82) is 0 Å². The Morgan fingerprint density at radius 2 is 1.65 bits per heavy atom. The lowest BCUT2D eigenvalue weighted by atomic mass is 9.96. The first-order chi connectivity index (χ1) is 7.64. The van der Waals surface area contributed by atoms with Crippen LogP contribution in [0.1, 0.15) is 20.8 Å². The van der Waals surface area contributed by atoms with Gasteiger partial charge in [0.15, 0.2) is 0 Å². The third kappa shape index (κ3) is 6.94. The van der Waals surface area contributed by atoms with E-state index in [-0.39, 0.29) is 17.2 Å². The van der Waals surface area contributed by atoms with E-state index >= 15 is 0 Å². The molecule has 0 spiro atoms. The molecule has 100 valence electrons. The molecule has 0 atom stereocenters. The predicted octanol–water partition coefficient (Wildman–Crippen LogP) is 0.169. The van der Waals surface area contributed by atoms with Crippen molar-refractivity contribution >= 4 is 11.8 Å². The maximum absolute atomic E-state index is 11.6. The molecule has 0 radical (unpaired) electrons. The minimum atomic E-state index is -0.363. The van der Waals surface area contributed by atoms with Gasteiger partial charge in [0.25, 0.3) is 0 Å². The first-order valence-corrected chi connectivity index (χ1v) is 5.81. The van der Waals surface area contributed by atoms with E-state index in [2.05, 4.69) is 5.32 Å². The molecule has 1 N–H and O–H groups in total. The number of hydrogen-bond acceptors (Lipinski definition) is 3. The van der Waals surface area contributed by atoms with Crippen molar-refractivity contribution in [3.63, 3.8) is 0 Å². The smallest absolute Gasteiger partial charge is 0.236 e. The molecule has 0 rings (SSSR count). The zero-order valence-electron chi connectivity index (χ0n) is 11.8. The van der Waals surface area contributed by atoms with Crippen molar-refractivity contribution in [2.75, 3.05) is 40.8 Å². The van der Waals surface area contributed by atoms with E-state index in [0.29, 0.717) is 19.6 Å². The minimum absolute atomic E-state index is 0.0323. The van der Waals surface area contributed by atoms with Crippen molar-refractivity contribution < 1.29 is 9.59 Å². The molecular formula is C12H25N3O2. The Hall–Kier alpha value is -1.10. The molecule has 0 aromatic heterocycles. The van der Waals surface area contributed by atoms with Crippen LogP contribution in [0.3, 0.4) is 0 Å². The van der Waals surface area contributed by atoms with Crippen molar-refractivity contribution in [3.8, 4) is 0 Å². The van der Waals surface area contributed by atoms with Crippen molar-refractivity contribution in [3.05, 3.63) is 0 Å². The van der Waals surface area contributed by atoms with Crippen molar-refractivity contribution in [2.45, 2.75) is 20.8 Å². The summed E-state index contributed by atoms with van der Waals surface area (Å²) >= 11 is 0. The monoisotopic (exact) mass is 243 g/mol. The van der Waals surface area contributed by atoms with E-state index in [1.54, 1.807) is 19.0 Å². The van der Waals surface area contributed by atoms with Crippen LogP contribution >= 0.6 is 0 Å². The second-order valence-corrected chi connectivity index (χ2v) is 5.53. The molecule has 0 unspecified atom stereocenters. The summed E-state index contributed by atoms with van der Waals surface area (Å²) in [6.07, 6.45) is 0. The van der Waals surface area contributed by atoms with Crippen LogP contribution in [0.25, 0.3) is 0 Å². The largest absolute Gasteiger partial charge is 0.354 e. The SMILES string of the molecule is CN(CCNC(=O)C(C)(C)C)CC(=O)N(C)C. The van der Waals surface area contributed by atoms with E-state index in [1.165, 1.54) is 0 Å². The number of rotatable bonds is 5. The number of hydrogen-bond donors (Lipinski definition) is 1. The summed E-state index contributed by atoms with van der Waals surface area (Å²) in [6, 6.07) is 0. The van der Waals surface area contributed by atoms with Gasteiger partial charge < -0.3 is 10.2 Å². The van der Waals surface area contributed by atoms with Crippen molar-refractivity contribution in [1.82, 2.24) is 15.1 Å². The third-order valence-corrected chi connectivity index (χ3v) is 2.36. The summed E-state index contributed by atoms with van der Waals surface area (Å²) in [4.78, 5) is 26.4. The van der Waals surface area contributed by atoms with Crippen LogP contribution in [0.4, 0.5) is 0 Å². The molecule has 0 bridgehead atoms. The van der Waals surface area contributed by atoms with Gasteiger partial charge in [0.2, 0.25) is 11.8 Å². The number of carbonyl (C=O) groups excluding carboxylic acids is 2. The van der Waals surface area contributed by atoms with Crippen LogP contribution in [-0.2, 0) is 9.59 Å². The topological polar surface area (TPSA) is 52.7 Å². The fourth-order valence-electron chi connectivity index (χ4n) is 1.08. The lowest BCUT2D eigenvalue weighted by Crippen LogP contribution is -2.41. The third-order valence-electron chi connectivity index (χ3n) is 2.36. The molecule has 0 aromatic rings. The first-order valence-electron chi connectivity index (χ1n) is 5.81. The average molecular weight is 243 g/mol. The normalized spacial score (nSPS) is 11.5. The van der Waals surface area contributed by atoms with E-state index in [0.717, 1.165) is 0 Å². The highest BCUT2D eigenvalue weighted by molar-refractivity contribution is 5.81. The highest BCUT2D eigenvalue weighted by Gasteiger charge is 2.20. The second-order valence-electron chi connectivity index (χ2n) is 5.53. The number of nitrogens with one attached hydrogen (secondary N) is 1.